The summed E-state index contributed by atoms with van der Waals surface area (Å²) in [5.74, 6) is -0.432. The van der Waals surface area contributed by atoms with Gasteiger partial charge in [0.25, 0.3) is 0 Å². The maximum Gasteiger partial charge on any atom is 0.322 e. The Morgan fingerprint density at radius 1 is 1.09 bits per heavy atom. The van der Waals surface area contributed by atoms with Crippen LogP contribution < -0.4 is 10.2 Å². The Morgan fingerprint density at radius 2 is 1.74 bits per heavy atom. The van der Waals surface area contributed by atoms with Gasteiger partial charge in [0.2, 0.25) is 0 Å². The molecule has 23 heavy (non-hydrogen) atoms. The molecule has 0 saturated carbocycles. The minimum Gasteiger partial charge on any atom is -0.338 e. The van der Waals surface area contributed by atoms with Crippen molar-refractivity contribution in [2.75, 3.05) is 32.5 Å². The number of quaternary nitrogens is 1. The number of para-hydroxylation sites is 1. The molecule has 0 bridgehead atoms. The lowest BCUT2D eigenvalue weighted by molar-refractivity contribution is -0.857. The van der Waals surface area contributed by atoms with Gasteiger partial charge in [0.15, 0.2) is 0 Å². The summed E-state index contributed by atoms with van der Waals surface area (Å²) >= 11 is 0. The van der Waals surface area contributed by atoms with E-state index in [2.05, 4.69) is 5.32 Å². The van der Waals surface area contributed by atoms with Crippen LogP contribution in [0.5, 0.6) is 0 Å². The summed E-state index contributed by atoms with van der Waals surface area (Å²) in [6.07, 6.45) is 0. The summed E-state index contributed by atoms with van der Waals surface area (Å²) in [5.41, 5.74) is 1.25. The second-order valence-electron chi connectivity index (χ2n) is 5.77. The molecule has 0 spiro atoms. The average Bonchev–Trinajstić information content (AvgIpc) is 2.54. The van der Waals surface area contributed by atoms with E-state index in [-0.39, 0.29) is 11.7 Å². The van der Waals surface area contributed by atoms with Gasteiger partial charge in [-0.05, 0) is 17.7 Å². The molecule has 5 heteroatoms. The van der Waals surface area contributed by atoms with Gasteiger partial charge in [0, 0.05) is 6.54 Å². The topological polar surface area (TPSA) is 36.8 Å². The number of hydrogen-bond acceptors (Lipinski definition) is 1. The highest BCUT2D eigenvalue weighted by atomic mass is 19.1. The molecule has 2 aromatic rings. The largest absolute Gasteiger partial charge is 0.338 e. The molecule has 0 aliphatic rings. The van der Waals surface area contributed by atoms with Crippen molar-refractivity contribution in [1.29, 1.82) is 0 Å². The van der Waals surface area contributed by atoms with Crippen LogP contribution in [0.1, 0.15) is 5.56 Å². The molecule has 122 valence electrons. The van der Waals surface area contributed by atoms with Gasteiger partial charge < -0.3 is 15.1 Å². The summed E-state index contributed by atoms with van der Waals surface area (Å²) in [5, 5.41) is 2.66. The van der Waals surface area contributed by atoms with Gasteiger partial charge >= 0.3 is 6.03 Å². The van der Waals surface area contributed by atoms with Gasteiger partial charge in [-0.3, -0.25) is 0 Å². The molecule has 2 amide bonds. The van der Waals surface area contributed by atoms with E-state index in [9.17, 15) is 9.18 Å². The Kier molecular flexibility index (Phi) is 6.11. The molecule has 0 fully saturated rings. The number of nitrogens with one attached hydrogen (secondary N) is 2. The lowest BCUT2D eigenvalue weighted by Crippen LogP contribution is -3.06. The first kappa shape index (κ1) is 17.0. The first-order valence-corrected chi connectivity index (χ1v) is 7.69. The van der Waals surface area contributed by atoms with E-state index in [1.54, 1.807) is 23.1 Å². The number of nitrogens with zero attached hydrogens (tertiary/aromatic N) is 1. The van der Waals surface area contributed by atoms with Crippen LogP contribution in [0.2, 0.25) is 0 Å². The van der Waals surface area contributed by atoms with Crippen molar-refractivity contribution < 1.29 is 14.1 Å². The highest BCUT2D eigenvalue weighted by Gasteiger charge is 2.16. The molecule has 0 atom stereocenters. The number of anilines is 1. The van der Waals surface area contributed by atoms with Crippen LogP contribution in [0, 0.1) is 5.82 Å². The summed E-state index contributed by atoms with van der Waals surface area (Å²) in [7, 11) is 4.07. The number of carbonyl (C=O) groups is 1. The number of urea groups is 1. The van der Waals surface area contributed by atoms with Gasteiger partial charge in [0.05, 0.1) is 32.9 Å². The molecule has 2 rings (SSSR count). The standard InChI is InChI=1S/C18H22FN3O/c1-21(2)12-13-22(14-15-8-4-3-5-9-15)18(23)20-17-11-7-6-10-16(17)19/h3-11H,12-14H2,1-2H3,(H,20,23)/p+1. The Hall–Kier alpha value is -2.40. The smallest absolute Gasteiger partial charge is 0.322 e. The summed E-state index contributed by atoms with van der Waals surface area (Å²) in [6, 6.07) is 15.7. The SMILES string of the molecule is C[NH+](C)CCN(Cc1ccccc1)C(=O)Nc1ccccc1F. The van der Waals surface area contributed by atoms with Gasteiger partial charge in [-0.2, -0.15) is 0 Å². The number of rotatable bonds is 6. The van der Waals surface area contributed by atoms with Gasteiger partial charge in [-0.15, -0.1) is 0 Å². The molecule has 0 aliphatic carbocycles. The fourth-order valence-electron chi connectivity index (χ4n) is 2.17. The molecule has 0 heterocycles. The molecule has 0 aromatic heterocycles. The third kappa shape index (κ3) is 5.38. The van der Waals surface area contributed by atoms with Gasteiger partial charge in [-0.25, -0.2) is 9.18 Å². The van der Waals surface area contributed by atoms with E-state index in [1.807, 2.05) is 44.4 Å². The Balaban J connectivity index is 2.09. The molecule has 0 unspecified atom stereocenters. The first-order valence-electron chi connectivity index (χ1n) is 7.69. The zero-order chi connectivity index (χ0) is 16.7. The predicted molar refractivity (Wildman–Crippen MR) is 89.9 cm³/mol. The monoisotopic (exact) mass is 316 g/mol. The van der Waals surface area contributed by atoms with Gasteiger partial charge in [0.1, 0.15) is 5.82 Å². The number of benzene rings is 2. The third-order valence-corrected chi connectivity index (χ3v) is 3.50. The Bertz CT molecular complexity index is 631. The molecule has 4 nitrogen and oxygen atoms in total. The quantitative estimate of drug-likeness (QED) is 0.840. The molecule has 2 aromatic carbocycles. The van der Waals surface area contributed by atoms with E-state index >= 15 is 0 Å². The fourth-order valence-corrected chi connectivity index (χ4v) is 2.17. The van der Waals surface area contributed by atoms with Crippen LogP contribution in [0.25, 0.3) is 0 Å². The maximum atomic E-state index is 13.7. The van der Waals surface area contributed by atoms with Crippen LogP contribution in [0.15, 0.2) is 54.6 Å². The first-order chi connectivity index (χ1) is 11.1. The van der Waals surface area contributed by atoms with Crippen LogP contribution in [-0.2, 0) is 6.54 Å². The Morgan fingerprint density at radius 3 is 2.39 bits per heavy atom. The molecular weight excluding hydrogens is 293 g/mol. The molecular formula is C18H23FN3O+. The number of amides is 2. The summed E-state index contributed by atoms with van der Waals surface area (Å²) < 4.78 is 13.7. The lowest BCUT2D eigenvalue weighted by atomic mass is 10.2. The normalized spacial score (nSPS) is 10.6. The van der Waals surface area contributed by atoms with Crippen LogP contribution in [0.3, 0.4) is 0 Å². The van der Waals surface area contributed by atoms with Crippen molar-refractivity contribution in [2.45, 2.75) is 6.54 Å². The summed E-state index contributed by atoms with van der Waals surface area (Å²) in [4.78, 5) is 15.5. The fraction of sp³-hybridized carbons (Fsp3) is 0.278. The zero-order valence-corrected chi connectivity index (χ0v) is 13.6. The predicted octanol–water partition coefficient (Wildman–Crippen LogP) is 2.00. The number of likely N-dealkylation sites (N-methyl/N-ethyl adjacent to an activating group) is 1. The van der Waals surface area contributed by atoms with Crippen LogP contribution in [-0.4, -0.2) is 38.1 Å². The minimum atomic E-state index is -0.432. The van der Waals surface area contributed by atoms with E-state index < -0.39 is 5.82 Å². The Labute approximate surface area is 136 Å². The van der Waals surface area contributed by atoms with Crippen molar-refractivity contribution in [3.8, 4) is 0 Å². The van der Waals surface area contributed by atoms with E-state index in [0.29, 0.717) is 13.1 Å². The minimum absolute atomic E-state index is 0.202. The van der Waals surface area contributed by atoms with Crippen molar-refractivity contribution in [2.24, 2.45) is 0 Å². The number of carbonyl (C=O) groups excluding carboxylic acids is 1. The molecule has 0 aliphatic heterocycles. The highest BCUT2D eigenvalue weighted by molar-refractivity contribution is 5.89. The van der Waals surface area contributed by atoms with Crippen molar-refractivity contribution in [3.05, 3.63) is 66.0 Å². The zero-order valence-electron chi connectivity index (χ0n) is 13.6. The number of halogens is 1. The average molecular weight is 316 g/mol. The van der Waals surface area contributed by atoms with Crippen molar-refractivity contribution >= 4 is 11.7 Å². The van der Waals surface area contributed by atoms with Crippen LogP contribution >= 0.6 is 0 Å². The molecule has 0 saturated heterocycles. The second kappa shape index (κ2) is 8.29. The van der Waals surface area contributed by atoms with Crippen molar-refractivity contribution in [3.63, 3.8) is 0 Å². The second-order valence-corrected chi connectivity index (χ2v) is 5.77. The van der Waals surface area contributed by atoms with Gasteiger partial charge in [-0.1, -0.05) is 42.5 Å². The lowest BCUT2D eigenvalue weighted by Gasteiger charge is -2.24. The van der Waals surface area contributed by atoms with E-state index in [0.717, 1.165) is 12.1 Å². The summed E-state index contributed by atoms with van der Waals surface area (Å²) in [6.45, 7) is 1.91. The van der Waals surface area contributed by atoms with E-state index in [4.69, 9.17) is 0 Å². The van der Waals surface area contributed by atoms with Crippen molar-refractivity contribution in [1.82, 2.24) is 4.90 Å². The third-order valence-electron chi connectivity index (χ3n) is 3.50. The molecule has 0 radical (unpaired) electrons. The van der Waals surface area contributed by atoms with E-state index in [1.165, 1.54) is 11.0 Å². The maximum absolute atomic E-state index is 13.7. The van der Waals surface area contributed by atoms with Crippen LogP contribution in [0.4, 0.5) is 14.9 Å². The number of hydrogen-bond donors (Lipinski definition) is 2. The highest BCUT2D eigenvalue weighted by Crippen LogP contribution is 2.14. The molecule has 2 N–H and O–H groups in total.